The van der Waals surface area contributed by atoms with Crippen molar-refractivity contribution in [2.24, 2.45) is 0 Å². The summed E-state index contributed by atoms with van der Waals surface area (Å²) in [5.41, 5.74) is 1.30. The number of aromatic hydroxyl groups is 1. The summed E-state index contributed by atoms with van der Waals surface area (Å²) in [7, 11) is 1.27. The number of nitrogens with zero attached hydrogens (tertiary/aromatic N) is 1. The minimum absolute atomic E-state index is 0.0263. The third kappa shape index (κ3) is 2.61. The Balaban J connectivity index is 2.09. The van der Waals surface area contributed by atoms with Gasteiger partial charge in [0.15, 0.2) is 0 Å². The van der Waals surface area contributed by atoms with Gasteiger partial charge in [0.2, 0.25) is 0 Å². The molecule has 4 aromatic rings. The zero-order valence-electron chi connectivity index (χ0n) is 14.4. The van der Waals surface area contributed by atoms with Gasteiger partial charge in [-0.15, -0.1) is 0 Å². The Morgan fingerprint density at radius 3 is 2.22 bits per heavy atom. The molecule has 0 saturated carbocycles. The number of rotatable bonds is 3. The molecule has 0 spiro atoms. The van der Waals surface area contributed by atoms with E-state index >= 15 is 0 Å². The molecule has 4 nitrogen and oxygen atoms in total. The highest BCUT2D eigenvalue weighted by Crippen LogP contribution is 2.37. The molecule has 1 heterocycles. The Morgan fingerprint density at radius 2 is 1.56 bits per heavy atom. The molecule has 0 bridgehead atoms. The van der Waals surface area contributed by atoms with E-state index in [1.165, 1.54) is 31.4 Å². The second kappa shape index (κ2) is 6.39. The van der Waals surface area contributed by atoms with Crippen LogP contribution in [-0.4, -0.2) is 22.8 Å². The van der Waals surface area contributed by atoms with Crippen LogP contribution in [0.3, 0.4) is 0 Å². The normalized spacial score (nSPS) is 11.2. The lowest BCUT2D eigenvalue weighted by molar-refractivity contribution is 0.0603. The number of carbonyl (C=O) groups excluding carboxylic acids is 1. The molecule has 4 rings (SSSR count). The van der Waals surface area contributed by atoms with E-state index in [2.05, 4.69) is 0 Å². The molecule has 3 aromatic carbocycles. The molecule has 0 aliphatic carbocycles. The molecule has 136 valence electrons. The average Bonchev–Trinajstić information content (AvgIpc) is 2.99. The van der Waals surface area contributed by atoms with Crippen molar-refractivity contribution in [1.82, 2.24) is 4.57 Å². The number of halogens is 2. The fourth-order valence-corrected chi connectivity index (χ4v) is 3.46. The van der Waals surface area contributed by atoms with Gasteiger partial charge < -0.3 is 14.4 Å². The number of hydrogen-bond donors (Lipinski definition) is 1. The van der Waals surface area contributed by atoms with E-state index in [1.807, 2.05) is 0 Å². The lowest BCUT2D eigenvalue weighted by Gasteiger charge is -2.10. The van der Waals surface area contributed by atoms with Crippen molar-refractivity contribution in [2.45, 2.75) is 6.54 Å². The van der Waals surface area contributed by atoms with Gasteiger partial charge in [0, 0.05) is 10.9 Å². The fraction of sp³-hybridized carbons (Fsp3) is 0.0952. The summed E-state index contributed by atoms with van der Waals surface area (Å²) in [4.78, 5) is 12.2. The standard InChI is InChI=1S/C21H15F2NO3/c1-27-21(26)12-5-2-8-16-19(12)20-17(9-4-10-18(20)25)24(16)11-13-14(22)6-3-7-15(13)23/h2-10,25H,11H2,1H3. The van der Waals surface area contributed by atoms with Gasteiger partial charge in [-0.05, 0) is 36.4 Å². The van der Waals surface area contributed by atoms with Gasteiger partial charge in [0.1, 0.15) is 17.4 Å². The van der Waals surface area contributed by atoms with E-state index in [0.29, 0.717) is 21.8 Å². The third-order valence-corrected chi connectivity index (χ3v) is 4.68. The fourth-order valence-electron chi connectivity index (χ4n) is 3.46. The van der Waals surface area contributed by atoms with Crippen LogP contribution in [0.1, 0.15) is 15.9 Å². The zero-order chi connectivity index (χ0) is 19.1. The van der Waals surface area contributed by atoms with Gasteiger partial charge in [-0.3, -0.25) is 0 Å². The van der Waals surface area contributed by atoms with E-state index in [1.54, 1.807) is 34.9 Å². The van der Waals surface area contributed by atoms with Gasteiger partial charge >= 0.3 is 5.97 Å². The number of benzene rings is 3. The number of aromatic nitrogens is 1. The Morgan fingerprint density at radius 1 is 0.963 bits per heavy atom. The predicted octanol–water partition coefficient (Wildman–Crippen LogP) is 4.61. The van der Waals surface area contributed by atoms with Crippen molar-refractivity contribution in [3.8, 4) is 5.75 Å². The molecule has 1 aromatic heterocycles. The summed E-state index contributed by atoms with van der Waals surface area (Å²) < 4.78 is 34.9. The highest BCUT2D eigenvalue weighted by atomic mass is 19.1. The van der Waals surface area contributed by atoms with E-state index in [4.69, 9.17) is 4.74 Å². The first kappa shape index (κ1) is 17.0. The van der Waals surface area contributed by atoms with Gasteiger partial charge in [0.25, 0.3) is 0 Å². The number of methoxy groups -OCH3 is 1. The van der Waals surface area contributed by atoms with Crippen LogP contribution in [0.5, 0.6) is 5.75 Å². The first-order chi connectivity index (χ1) is 13.0. The van der Waals surface area contributed by atoms with Crippen LogP contribution in [-0.2, 0) is 11.3 Å². The summed E-state index contributed by atoms with van der Waals surface area (Å²) >= 11 is 0. The maximum Gasteiger partial charge on any atom is 0.338 e. The number of ether oxygens (including phenoxy) is 1. The van der Waals surface area contributed by atoms with Gasteiger partial charge in [-0.1, -0.05) is 18.2 Å². The van der Waals surface area contributed by atoms with E-state index in [9.17, 15) is 18.7 Å². The van der Waals surface area contributed by atoms with Crippen LogP contribution in [0, 0.1) is 11.6 Å². The van der Waals surface area contributed by atoms with Crippen molar-refractivity contribution < 1.29 is 23.4 Å². The summed E-state index contributed by atoms with van der Waals surface area (Å²) in [5.74, 6) is -1.90. The number of phenolic OH excluding ortho intramolecular Hbond substituents is 1. The quantitative estimate of drug-likeness (QED) is 0.538. The molecular weight excluding hydrogens is 352 g/mol. The third-order valence-electron chi connectivity index (χ3n) is 4.68. The molecule has 0 fully saturated rings. The van der Waals surface area contributed by atoms with Crippen LogP contribution >= 0.6 is 0 Å². The Labute approximate surface area is 153 Å². The molecule has 0 unspecified atom stereocenters. The summed E-state index contributed by atoms with van der Waals surface area (Å²) in [5, 5.41) is 11.3. The van der Waals surface area contributed by atoms with E-state index < -0.39 is 17.6 Å². The van der Waals surface area contributed by atoms with Crippen molar-refractivity contribution in [3.63, 3.8) is 0 Å². The SMILES string of the molecule is COC(=O)c1cccc2c1c1c(O)cccc1n2Cc1c(F)cccc1F. The van der Waals surface area contributed by atoms with Crippen LogP contribution in [0.4, 0.5) is 8.78 Å². The molecule has 0 amide bonds. The lowest BCUT2D eigenvalue weighted by Crippen LogP contribution is -2.05. The zero-order valence-corrected chi connectivity index (χ0v) is 14.4. The van der Waals surface area contributed by atoms with E-state index in [-0.39, 0.29) is 23.4 Å². The smallest absolute Gasteiger partial charge is 0.338 e. The summed E-state index contributed by atoms with van der Waals surface area (Å²) in [6.07, 6.45) is 0. The molecule has 0 aliphatic rings. The second-order valence-corrected chi connectivity index (χ2v) is 6.15. The first-order valence-corrected chi connectivity index (χ1v) is 8.27. The molecule has 0 aliphatic heterocycles. The topological polar surface area (TPSA) is 51.5 Å². The number of phenols is 1. The number of fused-ring (bicyclic) bond motifs is 3. The van der Waals surface area contributed by atoms with Crippen molar-refractivity contribution in [3.05, 3.63) is 77.4 Å². The van der Waals surface area contributed by atoms with E-state index in [0.717, 1.165) is 0 Å². The lowest BCUT2D eigenvalue weighted by atomic mass is 10.1. The van der Waals surface area contributed by atoms with Crippen LogP contribution in [0.2, 0.25) is 0 Å². The monoisotopic (exact) mass is 367 g/mol. The molecule has 6 heteroatoms. The van der Waals surface area contributed by atoms with Crippen LogP contribution in [0.25, 0.3) is 21.8 Å². The van der Waals surface area contributed by atoms with Gasteiger partial charge in [-0.2, -0.15) is 0 Å². The Bertz CT molecular complexity index is 1180. The number of esters is 1. The van der Waals surface area contributed by atoms with Gasteiger partial charge in [0.05, 0.1) is 35.6 Å². The Kier molecular flexibility index (Phi) is 4.03. The second-order valence-electron chi connectivity index (χ2n) is 6.15. The Hall–Kier alpha value is -3.41. The molecular formula is C21H15F2NO3. The van der Waals surface area contributed by atoms with Crippen LogP contribution in [0.15, 0.2) is 54.6 Å². The largest absolute Gasteiger partial charge is 0.507 e. The molecule has 27 heavy (non-hydrogen) atoms. The van der Waals surface area contributed by atoms with Crippen LogP contribution < -0.4 is 0 Å². The highest BCUT2D eigenvalue weighted by molar-refractivity contribution is 6.19. The molecule has 0 radical (unpaired) electrons. The van der Waals surface area contributed by atoms with Crippen molar-refractivity contribution >= 4 is 27.8 Å². The van der Waals surface area contributed by atoms with Crippen molar-refractivity contribution in [2.75, 3.05) is 7.11 Å². The number of carbonyl (C=O) groups is 1. The first-order valence-electron chi connectivity index (χ1n) is 8.27. The molecule has 1 N–H and O–H groups in total. The summed E-state index contributed by atoms with van der Waals surface area (Å²) in [6.45, 7) is -0.0907. The minimum Gasteiger partial charge on any atom is -0.507 e. The average molecular weight is 367 g/mol. The predicted molar refractivity (Wildman–Crippen MR) is 97.9 cm³/mol. The minimum atomic E-state index is -0.658. The van der Waals surface area contributed by atoms with Gasteiger partial charge in [-0.25, -0.2) is 13.6 Å². The molecule has 0 atom stereocenters. The van der Waals surface area contributed by atoms with Crippen molar-refractivity contribution in [1.29, 1.82) is 0 Å². The summed E-state index contributed by atoms with van der Waals surface area (Å²) in [6, 6.07) is 13.6. The maximum absolute atomic E-state index is 14.2. The number of hydrogen-bond acceptors (Lipinski definition) is 3. The molecule has 0 saturated heterocycles. The maximum atomic E-state index is 14.2. The highest BCUT2D eigenvalue weighted by Gasteiger charge is 2.21.